The third-order valence-electron chi connectivity index (χ3n) is 2.49. The summed E-state index contributed by atoms with van der Waals surface area (Å²) in [6, 6.07) is 7.76. The number of nitrogens with two attached hydrogens (primary N) is 1. The van der Waals surface area contributed by atoms with Crippen LogP contribution in [0.1, 0.15) is 5.82 Å². The van der Waals surface area contributed by atoms with Crippen molar-refractivity contribution >= 4 is 10.9 Å². The van der Waals surface area contributed by atoms with Crippen LogP contribution in [0.25, 0.3) is 16.6 Å². The second kappa shape index (κ2) is 3.91. The first-order valence-corrected chi connectivity index (χ1v) is 5.20. The van der Waals surface area contributed by atoms with Crippen molar-refractivity contribution in [2.24, 2.45) is 5.73 Å². The SMILES string of the molecule is NCc1ncn(-c2cnnc3ccccc23)n1. The van der Waals surface area contributed by atoms with Crippen LogP contribution in [0.3, 0.4) is 0 Å². The lowest BCUT2D eigenvalue weighted by molar-refractivity contribution is 0.827. The molecule has 0 bridgehead atoms. The first-order chi connectivity index (χ1) is 8.38. The molecule has 0 fully saturated rings. The molecule has 2 N–H and O–H groups in total. The highest BCUT2D eigenvalue weighted by Crippen LogP contribution is 2.17. The molecule has 0 aliphatic heterocycles. The van der Waals surface area contributed by atoms with Crippen molar-refractivity contribution in [3.05, 3.63) is 42.6 Å². The zero-order chi connectivity index (χ0) is 11.7. The quantitative estimate of drug-likeness (QED) is 0.694. The normalized spacial score (nSPS) is 10.9. The van der Waals surface area contributed by atoms with Crippen molar-refractivity contribution in [3.8, 4) is 5.69 Å². The van der Waals surface area contributed by atoms with Crippen LogP contribution in [0.5, 0.6) is 0 Å². The molecule has 0 aliphatic carbocycles. The molecule has 6 nitrogen and oxygen atoms in total. The average Bonchev–Trinajstić information content (AvgIpc) is 2.87. The van der Waals surface area contributed by atoms with Crippen LogP contribution in [0, 0.1) is 0 Å². The van der Waals surface area contributed by atoms with Gasteiger partial charge in [0.1, 0.15) is 6.33 Å². The predicted molar refractivity (Wildman–Crippen MR) is 62.3 cm³/mol. The summed E-state index contributed by atoms with van der Waals surface area (Å²) in [4.78, 5) is 4.10. The van der Waals surface area contributed by atoms with Crippen LogP contribution in [0.4, 0.5) is 0 Å². The first-order valence-electron chi connectivity index (χ1n) is 5.20. The Morgan fingerprint density at radius 1 is 1.24 bits per heavy atom. The fourth-order valence-electron chi connectivity index (χ4n) is 1.68. The van der Waals surface area contributed by atoms with E-state index in [-0.39, 0.29) is 0 Å². The number of hydrogen-bond acceptors (Lipinski definition) is 5. The number of fused-ring (bicyclic) bond motifs is 1. The molecule has 0 atom stereocenters. The van der Waals surface area contributed by atoms with E-state index in [1.165, 1.54) is 0 Å². The smallest absolute Gasteiger partial charge is 0.164 e. The largest absolute Gasteiger partial charge is 0.324 e. The van der Waals surface area contributed by atoms with Crippen LogP contribution in [-0.2, 0) is 6.54 Å². The summed E-state index contributed by atoms with van der Waals surface area (Å²) in [5.74, 6) is 0.603. The highest BCUT2D eigenvalue weighted by atomic mass is 15.3. The van der Waals surface area contributed by atoms with E-state index in [0.717, 1.165) is 16.6 Å². The molecule has 0 saturated carbocycles. The molecule has 6 heteroatoms. The van der Waals surface area contributed by atoms with E-state index >= 15 is 0 Å². The number of benzene rings is 1. The van der Waals surface area contributed by atoms with Gasteiger partial charge >= 0.3 is 0 Å². The van der Waals surface area contributed by atoms with E-state index < -0.39 is 0 Å². The Labute approximate surface area is 97.1 Å². The summed E-state index contributed by atoms with van der Waals surface area (Å²) >= 11 is 0. The molecule has 0 aliphatic rings. The fourth-order valence-corrected chi connectivity index (χ4v) is 1.68. The maximum atomic E-state index is 5.49. The molecular weight excluding hydrogens is 216 g/mol. The van der Waals surface area contributed by atoms with Gasteiger partial charge in [-0.1, -0.05) is 18.2 Å². The Morgan fingerprint density at radius 3 is 2.94 bits per heavy atom. The van der Waals surface area contributed by atoms with Gasteiger partial charge in [0.2, 0.25) is 0 Å². The summed E-state index contributed by atoms with van der Waals surface area (Å²) in [6.45, 7) is 0.323. The summed E-state index contributed by atoms with van der Waals surface area (Å²) in [6.07, 6.45) is 3.29. The Morgan fingerprint density at radius 2 is 2.12 bits per heavy atom. The van der Waals surface area contributed by atoms with Crippen molar-refractivity contribution in [1.29, 1.82) is 0 Å². The third-order valence-corrected chi connectivity index (χ3v) is 2.49. The van der Waals surface area contributed by atoms with E-state index in [1.807, 2.05) is 24.3 Å². The molecule has 0 saturated heterocycles. The van der Waals surface area contributed by atoms with E-state index in [1.54, 1.807) is 17.2 Å². The summed E-state index contributed by atoms with van der Waals surface area (Å²) in [5.41, 5.74) is 7.17. The third kappa shape index (κ3) is 1.64. The lowest BCUT2D eigenvalue weighted by Crippen LogP contribution is -2.02. The Bertz CT molecular complexity index is 654. The highest BCUT2D eigenvalue weighted by Gasteiger charge is 2.06. The zero-order valence-electron chi connectivity index (χ0n) is 8.98. The fraction of sp³-hybridized carbons (Fsp3) is 0.0909. The van der Waals surface area contributed by atoms with Crippen molar-refractivity contribution in [2.75, 3.05) is 0 Å². The maximum absolute atomic E-state index is 5.49. The van der Waals surface area contributed by atoms with Crippen molar-refractivity contribution < 1.29 is 0 Å². The lowest BCUT2D eigenvalue weighted by Gasteiger charge is -2.03. The van der Waals surface area contributed by atoms with Crippen LogP contribution in [0.2, 0.25) is 0 Å². The molecule has 0 radical (unpaired) electrons. The summed E-state index contributed by atoms with van der Waals surface area (Å²) < 4.78 is 1.67. The van der Waals surface area contributed by atoms with Gasteiger partial charge in [-0.05, 0) is 6.07 Å². The molecule has 2 aromatic heterocycles. The van der Waals surface area contributed by atoms with Gasteiger partial charge in [0.05, 0.1) is 23.9 Å². The molecule has 3 aromatic rings. The minimum Gasteiger partial charge on any atom is -0.324 e. The second-order valence-electron chi connectivity index (χ2n) is 3.56. The molecule has 84 valence electrons. The topological polar surface area (TPSA) is 82.5 Å². The van der Waals surface area contributed by atoms with Crippen molar-refractivity contribution in [2.45, 2.75) is 6.54 Å². The molecule has 2 heterocycles. The van der Waals surface area contributed by atoms with Gasteiger partial charge in [0.15, 0.2) is 5.82 Å². The van der Waals surface area contributed by atoms with Crippen LogP contribution in [-0.4, -0.2) is 25.0 Å². The Hall–Kier alpha value is -2.34. The van der Waals surface area contributed by atoms with Gasteiger partial charge < -0.3 is 5.73 Å². The van der Waals surface area contributed by atoms with Gasteiger partial charge in [-0.3, -0.25) is 0 Å². The minimum atomic E-state index is 0.323. The van der Waals surface area contributed by atoms with E-state index in [4.69, 9.17) is 5.73 Å². The predicted octanol–water partition coefficient (Wildman–Crippen LogP) is 0.669. The number of aromatic nitrogens is 5. The standard InChI is InChI=1S/C11H10N6/c12-5-11-13-7-17(16-11)10-6-14-15-9-4-2-1-3-8(9)10/h1-4,6-7H,5,12H2. The summed E-state index contributed by atoms with van der Waals surface area (Å²) in [5, 5.41) is 13.3. The molecule has 1 aromatic carbocycles. The van der Waals surface area contributed by atoms with Crippen molar-refractivity contribution in [1.82, 2.24) is 25.0 Å². The molecule has 0 amide bonds. The molecule has 3 rings (SSSR count). The Kier molecular flexibility index (Phi) is 2.27. The molecule has 0 spiro atoms. The van der Waals surface area contributed by atoms with E-state index in [9.17, 15) is 0 Å². The van der Waals surface area contributed by atoms with Gasteiger partial charge in [-0.2, -0.15) is 10.2 Å². The zero-order valence-corrected chi connectivity index (χ0v) is 8.98. The second-order valence-corrected chi connectivity index (χ2v) is 3.56. The monoisotopic (exact) mass is 226 g/mol. The Balaban J connectivity index is 2.23. The number of hydrogen-bond donors (Lipinski definition) is 1. The average molecular weight is 226 g/mol. The van der Waals surface area contributed by atoms with Gasteiger partial charge in [-0.25, -0.2) is 9.67 Å². The van der Waals surface area contributed by atoms with E-state index in [0.29, 0.717) is 12.4 Å². The minimum absolute atomic E-state index is 0.323. The molecular formula is C11H10N6. The first kappa shape index (κ1) is 9.86. The number of nitrogens with zero attached hydrogens (tertiary/aromatic N) is 5. The lowest BCUT2D eigenvalue weighted by atomic mass is 10.2. The summed E-state index contributed by atoms with van der Waals surface area (Å²) in [7, 11) is 0. The van der Waals surface area contributed by atoms with Gasteiger partial charge in [0.25, 0.3) is 0 Å². The highest BCUT2D eigenvalue weighted by molar-refractivity contribution is 5.85. The van der Waals surface area contributed by atoms with Crippen LogP contribution < -0.4 is 5.73 Å². The number of rotatable bonds is 2. The van der Waals surface area contributed by atoms with Crippen molar-refractivity contribution in [3.63, 3.8) is 0 Å². The van der Waals surface area contributed by atoms with Crippen LogP contribution in [0.15, 0.2) is 36.8 Å². The molecule has 17 heavy (non-hydrogen) atoms. The molecule has 0 unspecified atom stereocenters. The van der Waals surface area contributed by atoms with E-state index in [2.05, 4.69) is 20.3 Å². The maximum Gasteiger partial charge on any atom is 0.164 e. The van der Waals surface area contributed by atoms with Gasteiger partial charge in [-0.15, -0.1) is 5.10 Å². The van der Waals surface area contributed by atoms with Gasteiger partial charge in [0, 0.05) is 5.39 Å². The van der Waals surface area contributed by atoms with Crippen LogP contribution >= 0.6 is 0 Å².